The summed E-state index contributed by atoms with van der Waals surface area (Å²) in [5, 5.41) is 3.67. The number of nitrogens with one attached hydrogen (secondary N) is 1. The van der Waals surface area contributed by atoms with E-state index in [2.05, 4.69) is 29.0 Å². The topological polar surface area (TPSA) is 85.7 Å². The molecule has 0 fully saturated rings. The van der Waals surface area contributed by atoms with Gasteiger partial charge in [-0.3, -0.25) is 9.36 Å². The number of nitrogens with zero attached hydrogens (tertiary/aromatic N) is 3. The van der Waals surface area contributed by atoms with Crippen LogP contribution in [0.3, 0.4) is 0 Å². The van der Waals surface area contributed by atoms with Crippen molar-refractivity contribution in [3.05, 3.63) is 45.5 Å². The molecular formula is C25H36N4O4S. The van der Waals surface area contributed by atoms with Crippen molar-refractivity contribution in [1.82, 2.24) is 19.8 Å². The maximum atomic E-state index is 12.8. The van der Waals surface area contributed by atoms with Gasteiger partial charge in [0, 0.05) is 30.9 Å². The van der Waals surface area contributed by atoms with Gasteiger partial charge in [-0.25, -0.2) is 4.79 Å². The lowest BCUT2D eigenvalue weighted by Crippen LogP contribution is -2.34. The average molecular weight is 489 g/mol. The third-order valence-corrected chi connectivity index (χ3v) is 7.28. The summed E-state index contributed by atoms with van der Waals surface area (Å²) in [6, 6.07) is 5.75. The second kappa shape index (κ2) is 12.8. The van der Waals surface area contributed by atoms with Gasteiger partial charge in [0.1, 0.15) is 5.03 Å². The van der Waals surface area contributed by atoms with E-state index in [9.17, 15) is 9.59 Å². The van der Waals surface area contributed by atoms with E-state index in [1.165, 1.54) is 11.8 Å². The molecule has 8 nitrogen and oxygen atoms in total. The quantitative estimate of drug-likeness (QED) is 0.343. The summed E-state index contributed by atoms with van der Waals surface area (Å²) in [5.74, 6) is 1.54. The van der Waals surface area contributed by atoms with Crippen LogP contribution in [0.2, 0.25) is 0 Å². The molecule has 0 saturated carbocycles. The third-order valence-electron chi connectivity index (χ3n) is 6.26. The molecule has 3 rings (SSSR count). The number of hydrogen-bond donors (Lipinski definition) is 1. The first kappa shape index (κ1) is 26.1. The molecule has 1 amide bonds. The number of benzene rings is 1. The van der Waals surface area contributed by atoms with Crippen molar-refractivity contribution in [2.24, 2.45) is 0 Å². The van der Waals surface area contributed by atoms with E-state index in [-0.39, 0.29) is 17.3 Å². The molecule has 1 aromatic carbocycles. The van der Waals surface area contributed by atoms with Crippen molar-refractivity contribution in [3.8, 4) is 11.5 Å². The molecule has 9 heteroatoms. The summed E-state index contributed by atoms with van der Waals surface area (Å²) in [5.41, 5.74) is 3.09. The van der Waals surface area contributed by atoms with Gasteiger partial charge < -0.3 is 19.7 Å². The van der Waals surface area contributed by atoms with Crippen LogP contribution < -0.4 is 20.5 Å². The van der Waals surface area contributed by atoms with E-state index < -0.39 is 0 Å². The number of rotatable bonds is 13. The summed E-state index contributed by atoms with van der Waals surface area (Å²) in [6.45, 7) is 8.23. The number of methoxy groups -OCH3 is 2. The van der Waals surface area contributed by atoms with E-state index in [1.807, 2.05) is 22.8 Å². The summed E-state index contributed by atoms with van der Waals surface area (Å²) < 4.78 is 12.4. The smallest absolute Gasteiger partial charge is 0.348 e. The highest BCUT2D eigenvalue weighted by molar-refractivity contribution is 7.99. The van der Waals surface area contributed by atoms with Crippen LogP contribution >= 0.6 is 11.8 Å². The van der Waals surface area contributed by atoms with Gasteiger partial charge in [0.05, 0.1) is 20.0 Å². The Labute approximate surface area is 206 Å². The zero-order valence-electron chi connectivity index (χ0n) is 20.7. The molecule has 0 bridgehead atoms. The van der Waals surface area contributed by atoms with Crippen molar-refractivity contribution >= 4 is 17.7 Å². The molecular weight excluding hydrogens is 452 g/mol. The highest BCUT2D eigenvalue weighted by Gasteiger charge is 2.22. The minimum absolute atomic E-state index is 0.0651. The molecule has 186 valence electrons. The molecule has 1 aliphatic rings. The monoisotopic (exact) mass is 488 g/mol. The molecule has 1 heterocycles. The second-order valence-corrected chi connectivity index (χ2v) is 9.20. The van der Waals surface area contributed by atoms with Crippen molar-refractivity contribution in [3.63, 3.8) is 0 Å². The largest absolute Gasteiger partial charge is 0.493 e. The summed E-state index contributed by atoms with van der Waals surface area (Å²) >= 11 is 1.36. The van der Waals surface area contributed by atoms with Gasteiger partial charge in [-0.15, -0.1) is 0 Å². The summed E-state index contributed by atoms with van der Waals surface area (Å²) in [4.78, 5) is 31.9. The second-order valence-electron chi connectivity index (χ2n) is 8.23. The number of thioether (sulfide) groups is 1. The average Bonchev–Trinajstić information content (AvgIpc) is 3.34. The van der Waals surface area contributed by atoms with E-state index in [1.54, 1.807) is 14.2 Å². The highest BCUT2D eigenvalue weighted by Crippen LogP contribution is 2.29. The van der Waals surface area contributed by atoms with E-state index in [0.717, 1.165) is 55.7 Å². The normalized spacial score (nSPS) is 12.6. The van der Waals surface area contributed by atoms with Crippen molar-refractivity contribution in [2.45, 2.75) is 51.1 Å². The van der Waals surface area contributed by atoms with Gasteiger partial charge in [0.25, 0.3) is 0 Å². The van der Waals surface area contributed by atoms with Gasteiger partial charge in [-0.1, -0.05) is 31.7 Å². The van der Waals surface area contributed by atoms with Crippen LogP contribution in [0.1, 0.15) is 37.1 Å². The number of hydrogen-bond acceptors (Lipinski definition) is 7. The van der Waals surface area contributed by atoms with Gasteiger partial charge in [-0.05, 0) is 56.5 Å². The van der Waals surface area contributed by atoms with Gasteiger partial charge >= 0.3 is 5.69 Å². The number of carbonyl (C=O) groups excluding carboxylic acids is 1. The Balaban J connectivity index is 1.55. The maximum Gasteiger partial charge on any atom is 0.348 e. The predicted octanol–water partition coefficient (Wildman–Crippen LogP) is 2.54. The Hall–Kier alpha value is -2.52. The molecule has 2 aromatic rings. The maximum absolute atomic E-state index is 12.8. The van der Waals surface area contributed by atoms with Crippen molar-refractivity contribution in [1.29, 1.82) is 0 Å². The standard InChI is InChI=1S/C25H36N4O4S/c1-5-28(6-2)14-15-29-20-9-7-8-19(20)24(27-25(29)31)34-17-23(30)26-13-12-18-10-11-21(32-3)22(16-18)33-4/h10-11,16H,5-9,12-15,17H2,1-4H3,(H,26,30). The van der Waals surface area contributed by atoms with E-state index >= 15 is 0 Å². The molecule has 1 N–H and O–H groups in total. The Kier molecular flexibility index (Phi) is 9.83. The van der Waals surface area contributed by atoms with Crippen LogP contribution in [-0.2, 0) is 30.6 Å². The number of likely N-dealkylation sites (N-methyl/N-ethyl adjacent to an activating group) is 1. The Morgan fingerprint density at radius 2 is 1.94 bits per heavy atom. The number of carbonyl (C=O) groups is 1. The Morgan fingerprint density at radius 1 is 1.18 bits per heavy atom. The van der Waals surface area contributed by atoms with Crippen LogP contribution in [0.25, 0.3) is 0 Å². The molecule has 0 saturated heterocycles. The number of aromatic nitrogens is 2. The fraction of sp³-hybridized carbons (Fsp3) is 0.560. The predicted molar refractivity (Wildman–Crippen MR) is 135 cm³/mol. The minimum atomic E-state index is -0.204. The van der Waals surface area contributed by atoms with Crippen molar-refractivity contribution in [2.75, 3.05) is 46.2 Å². The third kappa shape index (κ3) is 6.54. The molecule has 0 aliphatic heterocycles. The fourth-order valence-electron chi connectivity index (χ4n) is 4.28. The van der Waals surface area contributed by atoms with Crippen LogP contribution in [0.5, 0.6) is 11.5 Å². The summed E-state index contributed by atoms with van der Waals surface area (Å²) in [6.07, 6.45) is 3.53. The van der Waals surface area contributed by atoms with Crippen LogP contribution in [0.15, 0.2) is 28.0 Å². The van der Waals surface area contributed by atoms with E-state index in [0.29, 0.717) is 36.0 Å². The van der Waals surface area contributed by atoms with Crippen LogP contribution in [-0.4, -0.2) is 66.5 Å². The molecule has 1 aromatic heterocycles. The first-order chi connectivity index (χ1) is 16.5. The molecule has 0 radical (unpaired) electrons. The lowest BCUT2D eigenvalue weighted by molar-refractivity contribution is -0.118. The zero-order valence-corrected chi connectivity index (χ0v) is 21.5. The van der Waals surface area contributed by atoms with Gasteiger partial charge in [0.15, 0.2) is 11.5 Å². The highest BCUT2D eigenvalue weighted by atomic mass is 32.2. The summed E-state index contributed by atoms with van der Waals surface area (Å²) in [7, 11) is 3.21. The zero-order chi connectivity index (χ0) is 24.5. The molecule has 1 aliphatic carbocycles. The number of amides is 1. The van der Waals surface area contributed by atoms with Crippen LogP contribution in [0, 0.1) is 0 Å². The van der Waals surface area contributed by atoms with Gasteiger partial charge in [0.2, 0.25) is 5.91 Å². The lowest BCUT2D eigenvalue weighted by Gasteiger charge is -2.20. The first-order valence-electron chi connectivity index (χ1n) is 12.0. The van der Waals surface area contributed by atoms with Gasteiger partial charge in [-0.2, -0.15) is 4.98 Å². The first-order valence-corrected chi connectivity index (χ1v) is 12.9. The van der Waals surface area contributed by atoms with Crippen molar-refractivity contribution < 1.29 is 14.3 Å². The minimum Gasteiger partial charge on any atom is -0.493 e. The lowest BCUT2D eigenvalue weighted by atomic mass is 10.1. The number of ether oxygens (including phenoxy) is 2. The fourth-order valence-corrected chi connectivity index (χ4v) is 5.19. The number of fused-ring (bicyclic) bond motifs is 1. The molecule has 0 spiro atoms. The molecule has 0 atom stereocenters. The SMILES string of the molecule is CCN(CC)CCn1c2c(c(SCC(=O)NCCc3ccc(OC)c(OC)c3)nc1=O)CCC2. The van der Waals surface area contributed by atoms with Crippen LogP contribution in [0.4, 0.5) is 0 Å². The Morgan fingerprint density at radius 3 is 2.65 bits per heavy atom. The van der Waals surface area contributed by atoms with E-state index in [4.69, 9.17) is 9.47 Å². The molecule has 34 heavy (non-hydrogen) atoms. The Bertz CT molecular complexity index is 1040. The molecule has 0 unspecified atom stereocenters.